The van der Waals surface area contributed by atoms with Crippen molar-refractivity contribution in [3.63, 3.8) is 0 Å². The minimum atomic E-state index is -3.50. The van der Waals surface area contributed by atoms with Gasteiger partial charge in [0.1, 0.15) is 5.60 Å². The van der Waals surface area contributed by atoms with Crippen LogP contribution in [0, 0.1) is 5.41 Å². The van der Waals surface area contributed by atoms with Gasteiger partial charge in [-0.05, 0) is 40.0 Å². The van der Waals surface area contributed by atoms with Gasteiger partial charge >= 0.3 is 5.97 Å². The summed E-state index contributed by atoms with van der Waals surface area (Å²) < 4.78 is 26.9. The first kappa shape index (κ1) is 13.4. The van der Waals surface area contributed by atoms with Crippen molar-refractivity contribution in [2.45, 2.75) is 45.6 Å². The van der Waals surface area contributed by atoms with E-state index in [-0.39, 0.29) is 18.1 Å². The summed E-state index contributed by atoms with van der Waals surface area (Å²) in [7, 11) is -3.50. The number of primary sulfonamides is 1. The molecule has 0 spiro atoms. The van der Waals surface area contributed by atoms with Crippen LogP contribution < -0.4 is 5.14 Å². The van der Waals surface area contributed by atoms with Gasteiger partial charge in [0, 0.05) is 0 Å². The number of sulfonamides is 1. The Kier molecular flexibility index (Phi) is 3.36. The number of nitrogens with two attached hydrogens (primary N) is 1. The van der Waals surface area contributed by atoms with E-state index in [1.165, 1.54) is 0 Å². The number of hydrogen-bond donors (Lipinski definition) is 1. The summed E-state index contributed by atoms with van der Waals surface area (Å²) in [6, 6.07) is 0. The maximum atomic E-state index is 11.8. The van der Waals surface area contributed by atoms with Crippen molar-refractivity contribution in [2.24, 2.45) is 10.6 Å². The molecule has 0 aromatic rings. The summed E-state index contributed by atoms with van der Waals surface area (Å²) in [6.45, 7) is 5.38. The summed E-state index contributed by atoms with van der Waals surface area (Å²) in [5.41, 5.74) is -1.13. The van der Waals surface area contributed by atoms with Gasteiger partial charge in [-0.2, -0.15) is 0 Å². The number of ether oxygens (including phenoxy) is 1. The van der Waals surface area contributed by atoms with Crippen molar-refractivity contribution < 1.29 is 17.9 Å². The molecule has 1 rings (SSSR count). The van der Waals surface area contributed by atoms with Gasteiger partial charge < -0.3 is 4.74 Å². The van der Waals surface area contributed by atoms with E-state index in [2.05, 4.69) is 0 Å². The second-order valence-corrected chi connectivity index (χ2v) is 7.13. The van der Waals surface area contributed by atoms with Gasteiger partial charge in [0.15, 0.2) is 0 Å². The lowest BCUT2D eigenvalue weighted by Gasteiger charge is -2.23. The monoisotopic (exact) mass is 249 g/mol. The van der Waals surface area contributed by atoms with Crippen LogP contribution in [0.4, 0.5) is 0 Å². The molecule has 6 heteroatoms. The van der Waals surface area contributed by atoms with Gasteiger partial charge in [0.2, 0.25) is 10.0 Å². The average Bonchev–Trinajstić information content (AvgIpc) is 2.76. The van der Waals surface area contributed by atoms with Crippen LogP contribution in [0.1, 0.15) is 40.0 Å². The van der Waals surface area contributed by atoms with Gasteiger partial charge in [-0.25, -0.2) is 13.6 Å². The molecule has 1 fully saturated rings. The largest absolute Gasteiger partial charge is 0.460 e. The molecule has 0 aliphatic heterocycles. The predicted octanol–water partition coefficient (Wildman–Crippen LogP) is 0.787. The quantitative estimate of drug-likeness (QED) is 0.746. The molecule has 0 bridgehead atoms. The Labute approximate surface area is 96.4 Å². The topological polar surface area (TPSA) is 86.5 Å². The Morgan fingerprint density at radius 1 is 1.38 bits per heavy atom. The first-order valence-corrected chi connectivity index (χ1v) is 7.00. The Balaban J connectivity index is 2.56. The Morgan fingerprint density at radius 2 is 1.88 bits per heavy atom. The second-order valence-electron chi connectivity index (χ2n) is 5.40. The van der Waals surface area contributed by atoms with Gasteiger partial charge in [-0.3, -0.25) is 4.79 Å². The summed E-state index contributed by atoms with van der Waals surface area (Å²) in [5, 5.41) is 4.92. The SMILES string of the molecule is CC(C)(C)OC(=O)C1(CCS(N)(=O)=O)CC1. The van der Waals surface area contributed by atoms with E-state index in [0.29, 0.717) is 12.8 Å². The molecular weight excluding hydrogens is 230 g/mol. The first-order valence-electron chi connectivity index (χ1n) is 5.28. The van der Waals surface area contributed by atoms with E-state index in [0.717, 1.165) is 0 Å². The fourth-order valence-corrected chi connectivity index (χ4v) is 2.11. The number of hydrogen-bond acceptors (Lipinski definition) is 4. The van der Waals surface area contributed by atoms with E-state index >= 15 is 0 Å². The highest BCUT2D eigenvalue weighted by atomic mass is 32.2. The van der Waals surface area contributed by atoms with Gasteiger partial charge in [0.05, 0.1) is 11.2 Å². The molecule has 0 aromatic carbocycles. The number of carbonyl (C=O) groups is 1. The van der Waals surface area contributed by atoms with Crippen molar-refractivity contribution in [2.75, 3.05) is 5.75 Å². The molecule has 5 nitrogen and oxygen atoms in total. The smallest absolute Gasteiger partial charge is 0.312 e. The molecule has 1 aliphatic carbocycles. The van der Waals surface area contributed by atoms with E-state index in [1.54, 1.807) is 20.8 Å². The zero-order valence-electron chi connectivity index (χ0n) is 9.95. The van der Waals surface area contributed by atoms with Crippen molar-refractivity contribution in [3.8, 4) is 0 Å². The van der Waals surface area contributed by atoms with E-state index in [1.807, 2.05) is 0 Å². The Hall–Kier alpha value is -0.620. The molecule has 0 unspecified atom stereocenters. The third kappa shape index (κ3) is 4.09. The van der Waals surface area contributed by atoms with Crippen LogP contribution in [-0.2, 0) is 19.6 Å². The highest BCUT2D eigenvalue weighted by Gasteiger charge is 2.52. The molecule has 0 atom stereocenters. The lowest BCUT2D eigenvalue weighted by Crippen LogP contribution is -2.31. The van der Waals surface area contributed by atoms with Crippen LogP contribution in [0.15, 0.2) is 0 Å². The summed E-state index contributed by atoms with van der Waals surface area (Å²) >= 11 is 0. The molecule has 1 saturated carbocycles. The van der Waals surface area contributed by atoms with Crippen molar-refractivity contribution in [1.82, 2.24) is 0 Å². The average molecular weight is 249 g/mol. The second kappa shape index (κ2) is 4.00. The van der Waals surface area contributed by atoms with E-state index in [9.17, 15) is 13.2 Å². The Morgan fingerprint density at radius 3 is 2.19 bits per heavy atom. The third-order valence-corrected chi connectivity index (χ3v) is 3.32. The fraction of sp³-hybridized carbons (Fsp3) is 0.900. The number of carbonyl (C=O) groups excluding carboxylic acids is 1. The molecule has 0 saturated heterocycles. The van der Waals surface area contributed by atoms with Crippen LogP contribution >= 0.6 is 0 Å². The summed E-state index contributed by atoms with van der Waals surface area (Å²) in [6.07, 6.45) is 1.65. The molecular formula is C10H19NO4S. The fourth-order valence-electron chi connectivity index (χ4n) is 1.43. The molecule has 94 valence electrons. The van der Waals surface area contributed by atoms with Crippen LogP contribution in [0.25, 0.3) is 0 Å². The predicted molar refractivity (Wildman–Crippen MR) is 60.1 cm³/mol. The highest BCUT2D eigenvalue weighted by molar-refractivity contribution is 7.89. The van der Waals surface area contributed by atoms with Gasteiger partial charge in [0.25, 0.3) is 0 Å². The van der Waals surface area contributed by atoms with Crippen molar-refractivity contribution >= 4 is 16.0 Å². The zero-order valence-corrected chi connectivity index (χ0v) is 10.8. The van der Waals surface area contributed by atoms with E-state index in [4.69, 9.17) is 9.88 Å². The maximum absolute atomic E-state index is 11.8. The molecule has 1 aliphatic rings. The minimum absolute atomic E-state index is 0.160. The standard InChI is InChI=1S/C10H19NO4S/c1-9(2,3)15-8(12)10(4-5-10)6-7-16(11,13)14/h4-7H2,1-3H3,(H2,11,13,14). The van der Waals surface area contributed by atoms with Crippen molar-refractivity contribution in [3.05, 3.63) is 0 Å². The molecule has 0 radical (unpaired) electrons. The number of esters is 1. The molecule has 2 N–H and O–H groups in total. The van der Waals surface area contributed by atoms with Crippen LogP contribution in [0.2, 0.25) is 0 Å². The lowest BCUT2D eigenvalue weighted by atomic mass is 10.0. The van der Waals surface area contributed by atoms with Crippen LogP contribution in [0.5, 0.6) is 0 Å². The Bertz CT molecular complexity index is 376. The summed E-state index contributed by atoms with van der Waals surface area (Å²) in [4.78, 5) is 11.8. The van der Waals surface area contributed by atoms with Crippen LogP contribution in [0.3, 0.4) is 0 Å². The zero-order chi connectivity index (χ0) is 12.6. The molecule has 0 aromatic heterocycles. The molecule has 0 amide bonds. The molecule has 16 heavy (non-hydrogen) atoms. The van der Waals surface area contributed by atoms with E-state index < -0.39 is 21.0 Å². The van der Waals surface area contributed by atoms with Crippen molar-refractivity contribution in [1.29, 1.82) is 0 Å². The molecule has 0 heterocycles. The van der Waals surface area contributed by atoms with Gasteiger partial charge in [-0.15, -0.1) is 0 Å². The maximum Gasteiger partial charge on any atom is 0.312 e. The van der Waals surface area contributed by atoms with Gasteiger partial charge in [-0.1, -0.05) is 0 Å². The summed E-state index contributed by atoms with van der Waals surface area (Å²) in [5.74, 6) is -0.463. The normalized spacial score (nSPS) is 19.2. The van der Waals surface area contributed by atoms with Crippen LogP contribution in [-0.4, -0.2) is 25.7 Å². The first-order chi connectivity index (χ1) is 7.04. The number of rotatable bonds is 4. The lowest BCUT2D eigenvalue weighted by molar-refractivity contribution is -0.161. The minimum Gasteiger partial charge on any atom is -0.460 e. The third-order valence-electron chi connectivity index (χ3n) is 2.55. The highest BCUT2D eigenvalue weighted by Crippen LogP contribution is 2.50.